The van der Waals surface area contributed by atoms with Gasteiger partial charge in [0.15, 0.2) is 0 Å². The lowest BCUT2D eigenvalue weighted by atomic mass is 10.2. The third-order valence-corrected chi connectivity index (χ3v) is 2.92. The highest BCUT2D eigenvalue weighted by atomic mass is 16.4. The summed E-state index contributed by atoms with van der Waals surface area (Å²) in [4.78, 5) is 4.33. The van der Waals surface area contributed by atoms with Gasteiger partial charge in [-0.2, -0.15) is 0 Å². The van der Waals surface area contributed by atoms with Crippen LogP contribution in [0.5, 0.6) is 0 Å². The Balaban J connectivity index is 2.48. The van der Waals surface area contributed by atoms with Crippen molar-refractivity contribution in [2.24, 2.45) is 10.9 Å². The van der Waals surface area contributed by atoms with E-state index in [1.165, 1.54) is 0 Å². The Morgan fingerprint density at radius 2 is 2.21 bits per heavy atom. The monoisotopic (exact) mass is 200 g/mol. The molecule has 0 saturated carbocycles. The van der Waals surface area contributed by atoms with Crippen molar-refractivity contribution in [2.75, 3.05) is 26.2 Å². The molecule has 1 atom stereocenters. The van der Waals surface area contributed by atoms with Crippen LogP contribution in [0, 0.1) is 0 Å². The molecule has 0 aromatic heterocycles. The van der Waals surface area contributed by atoms with Crippen molar-refractivity contribution in [2.45, 2.75) is 26.3 Å². The minimum Gasteiger partial charge on any atom is -0.408 e. The van der Waals surface area contributed by atoms with Crippen molar-refractivity contribution >= 4 is 5.96 Å². The van der Waals surface area contributed by atoms with Crippen LogP contribution in [0.25, 0.3) is 0 Å². The van der Waals surface area contributed by atoms with Crippen molar-refractivity contribution in [1.29, 1.82) is 0 Å². The lowest BCUT2D eigenvalue weighted by Gasteiger charge is -2.26. The molecule has 5 nitrogen and oxygen atoms in total. The molecule has 1 fully saturated rings. The quantitative estimate of drug-likeness (QED) is 0.294. The zero-order valence-electron chi connectivity index (χ0n) is 8.98. The number of likely N-dealkylation sites (N-methyl/N-ethyl adjacent to an activating group) is 1. The molecule has 3 N–H and O–H groups in total. The Morgan fingerprint density at radius 1 is 1.57 bits per heavy atom. The summed E-state index contributed by atoms with van der Waals surface area (Å²) in [5, 5.41) is 11.6. The first kappa shape index (κ1) is 11.1. The van der Waals surface area contributed by atoms with E-state index >= 15 is 0 Å². The number of rotatable bonds is 3. The van der Waals surface area contributed by atoms with Crippen molar-refractivity contribution in [3.8, 4) is 0 Å². The van der Waals surface area contributed by atoms with E-state index in [1.54, 1.807) is 0 Å². The molecule has 0 amide bonds. The molecule has 1 rings (SSSR count). The second-order valence-corrected chi connectivity index (χ2v) is 3.57. The summed E-state index contributed by atoms with van der Waals surface area (Å²) >= 11 is 0. The molecule has 1 heterocycles. The number of hydrogen-bond acceptors (Lipinski definition) is 3. The van der Waals surface area contributed by atoms with E-state index < -0.39 is 0 Å². The zero-order chi connectivity index (χ0) is 10.6. The number of nitrogens with two attached hydrogens (primary N) is 1. The average Bonchev–Trinajstić information content (AvgIpc) is 2.68. The highest BCUT2D eigenvalue weighted by Crippen LogP contribution is 2.14. The number of likely N-dealkylation sites (tertiary alicyclic amines) is 1. The molecule has 0 spiro atoms. The molecule has 1 aliphatic rings. The number of nitrogens with zero attached hydrogens (tertiary/aromatic N) is 3. The zero-order valence-corrected chi connectivity index (χ0v) is 8.98. The van der Waals surface area contributed by atoms with E-state index in [4.69, 9.17) is 10.9 Å². The highest BCUT2D eigenvalue weighted by Gasteiger charge is 2.27. The topological polar surface area (TPSA) is 65.1 Å². The summed E-state index contributed by atoms with van der Waals surface area (Å²) in [6.45, 7) is 8.20. The maximum Gasteiger partial charge on any atom is 0.233 e. The van der Waals surface area contributed by atoms with Crippen LogP contribution in [-0.4, -0.2) is 53.2 Å². The molecule has 0 aromatic carbocycles. The van der Waals surface area contributed by atoms with Crippen LogP contribution in [0.4, 0.5) is 0 Å². The second kappa shape index (κ2) is 5.05. The fraction of sp³-hybridized carbons (Fsp3) is 0.889. The summed E-state index contributed by atoms with van der Waals surface area (Å²) in [6, 6.07) is 0.547. The summed E-state index contributed by atoms with van der Waals surface area (Å²) in [6.07, 6.45) is 1.10. The van der Waals surface area contributed by atoms with Gasteiger partial charge in [-0.05, 0) is 19.5 Å². The molecule has 1 saturated heterocycles. The van der Waals surface area contributed by atoms with Crippen molar-refractivity contribution in [1.82, 2.24) is 9.80 Å². The summed E-state index contributed by atoms with van der Waals surface area (Å²) < 4.78 is 0. The van der Waals surface area contributed by atoms with E-state index in [1.807, 2.05) is 4.90 Å². The highest BCUT2D eigenvalue weighted by molar-refractivity contribution is 5.77. The minimum absolute atomic E-state index is 0.236. The van der Waals surface area contributed by atoms with Gasteiger partial charge in [0.2, 0.25) is 5.96 Å². The van der Waals surface area contributed by atoms with E-state index in [-0.39, 0.29) is 5.96 Å². The van der Waals surface area contributed by atoms with E-state index in [2.05, 4.69) is 23.9 Å². The number of oxime groups is 1. The lowest BCUT2D eigenvalue weighted by Crippen LogP contribution is -2.40. The normalized spacial score (nSPS) is 23.5. The van der Waals surface area contributed by atoms with Gasteiger partial charge in [0.25, 0.3) is 0 Å². The molecule has 0 aromatic rings. The van der Waals surface area contributed by atoms with Gasteiger partial charge in [-0.25, -0.2) is 0 Å². The fourth-order valence-corrected chi connectivity index (χ4v) is 2.05. The van der Waals surface area contributed by atoms with Crippen LogP contribution in [-0.2, 0) is 0 Å². The first-order valence-electron chi connectivity index (χ1n) is 5.19. The smallest absolute Gasteiger partial charge is 0.233 e. The van der Waals surface area contributed by atoms with Crippen LogP contribution < -0.4 is 5.73 Å². The molecule has 0 bridgehead atoms. The Labute approximate surface area is 85.2 Å². The first-order valence-corrected chi connectivity index (χ1v) is 5.19. The minimum atomic E-state index is 0.236. The molecule has 5 heteroatoms. The molecular formula is C9H20N4O. The van der Waals surface area contributed by atoms with Crippen molar-refractivity contribution in [3.05, 3.63) is 0 Å². The van der Waals surface area contributed by atoms with Crippen molar-refractivity contribution in [3.63, 3.8) is 0 Å². The average molecular weight is 200 g/mol. The molecule has 1 unspecified atom stereocenters. The maximum atomic E-state index is 8.54. The maximum absolute atomic E-state index is 8.54. The van der Waals surface area contributed by atoms with Gasteiger partial charge in [-0.1, -0.05) is 19.0 Å². The molecule has 82 valence electrons. The Morgan fingerprint density at radius 3 is 2.71 bits per heavy atom. The largest absolute Gasteiger partial charge is 0.408 e. The van der Waals surface area contributed by atoms with Gasteiger partial charge in [-0.3, -0.25) is 4.90 Å². The van der Waals surface area contributed by atoms with Gasteiger partial charge in [-0.15, -0.1) is 0 Å². The summed E-state index contributed by atoms with van der Waals surface area (Å²) in [5.74, 6) is 0.236. The van der Waals surface area contributed by atoms with E-state index in [0.717, 1.165) is 32.6 Å². The predicted molar refractivity (Wildman–Crippen MR) is 56.3 cm³/mol. The van der Waals surface area contributed by atoms with Crippen LogP contribution in [0.15, 0.2) is 5.16 Å². The first-order chi connectivity index (χ1) is 6.72. The number of guanidine groups is 1. The predicted octanol–water partition coefficient (Wildman–Crippen LogP) is 0.106. The Hall–Kier alpha value is -0.970. The summed E-state index contributed by atoms with van der Waals surface area (Å²) in [7, 11) is 0. The third-order valence-electron chi connectivity index (χ3n) is 2.92. The SMILES string of the molecule is CCN(CC)C1CCN(C(N)=NO)C1. The molecule has 0 aliphatic carbocycles. The van der Waals surface area contributed by atoms with Gasteiger partial charge in [0, 0.05) is 19.1 Å². The van der Waals surface area contributed by atoms with Gasteiger partial charge < -0.3 is 15.8 Å². The molecular weight excluding hydrogens is 180 g/mol. The fourth-order valence-electron chi connectivity index (χ4n) is 2.05. The van der Waals surface area contributed by atoms with Crippen LogP contribution in [0.2, 0.25) is 0 Å². The third kappa shape index (κ3) is 2.29. The number of hydrogen-bond donors (Lipinski definition) is 2. The van der Waals surface area contributed by atoms with Crippen LogP contribution >= 0.6 is 0 Å². The van der Waals surface area contributed by atoms with Crippen LogP contribution in [0.3, 0.4) is 0 Å². The molecule has 1 aliphatic heterocycles. The van der Waals surface area contributed by atoms with E-state index in [0.29, 0.717) is 6.04 Å². The van der Waals surface area contributed by atoms with Gasteiger partial charge in [0.1, 0.15) is 0 Å². The van der Waals surface area contributed by atoms with Crippen molar-refractivity contribution < 1.29 is 5.21 Å². The lowest BCUT2D eigenvalue weighted by molar-refractivity contribution is 0.222. The summed E-state index contributed by atoms with van der Waals surface area (Å²) in [5.41, 5.74) is 5.53. The van der Waals surface area contributed by atoms with Crippen LogP contribution in [0.1, 0.15) is 20.3 Å². The molecule has 14 heavy (non-hydrogen) atoms. The molecule has 0 radical (unpaired) electrons. The standard InChI is InChI=1S/C9H20N4O/c1-3-12(4-2)8-5-6-13(7-8)9(10)11-14/h8,14H,3-7H2,1-2H3,(H2,10,11). The van der Waals surface area contributed by atoms with E-state index in [9.17, 15) is 0 Å². The van der Waals surface area contributed by atoms with Gasteiger partial charge >= 0.3 is 0 Å². The second-order valence-electron chi connectivity index (χ2n) is 3.57. The van der Waals surface area contributed by atoms with Gasteiger partial charge in [0.05, 0.1) is 0 Å². The Bertz CT molecular complexity index is 203. The Kier molecular flexibility index (Phi) is 4.00.